The second kappa shape index (κ2) is 7.09. The molecule has 0 aliphatic carbocycles. The Labute approximate surface area is 117 Å². The fraction of sp³-hybridized carbons (Fsp3) is 0.429. The number of hydrogen-bond acceptors (Lipinski definition) is 3. The maximum absolute atomic E-state index is 11.6. The number of nitrogens with one attached hydrogen (secondary N) is 1. The number of carbonyl (C=O) groups is 1. The van der Waals surface area contributed by atoms with Gasteiger partial charge in [0.25, 0.3) is 0 Å². The molecule has 2 rings (SSSR count). The van der Waals surface area contributed by atoms with Gasteiger partial charge in [0, 0.05) is 31.1 Å². The monoisotopic (exact) mass is 277 g/mol. The summed E-state index contributed by atoms with van der Waals surface area (Å²) in [5.74, 6) is 0.139. The molecule has 1 N–H and O–H groups in total. The number of carbonyl (C=O) groups excluding carboxylic acids is 1. The summed E-state index contributed by atoms with van der Waals surface area (Å²) in [7, 11) is 1.90. The van der Waals surface area contributed by atoms with Crippen molar-refractivity contribution >= 4 is 17.2 Å². The van der Waals surface area contributed by atoms with Gasteiger partial charge in [-0.2, -0.15) is 5.10 Å². The highest BCUT2D eigenvalue weighted by Gasteiger charge is 2.02. The number of rotatable bonds is 7. The average molecular weight is 277 g/mol. The van der Waals surface area contributed by atoms with Gasteiger partial charge in [-0.25, -0.2) is 0 Å². The Morgan fingerprint density at radius 3 is 3.05 bits per heavy atom. The van der Waals surface area contributed by atoms with E-state index in [0.29, 0.717) is 13.0 Å². The van der Waals surface area contributed by atoms with Crippen LogP contribution in [0.25, 0.3) is 0 Å². The molecule has 0 spiro atoms. The molecule has 2 aromatic heterocycles. The molecule has 19 heavy (non-hydrogen) atoms. The Bertz CT molecular complexity index is 505. The SMILES string of the molecule is Cn1cc(CCNC(=O)CCCc2cccs2)cn1. The molecule has 1 amide bonds. The first-order valence-corrected chi connectivity index (χ1v) is 7.38. The molecule has 0 unspecified atom stereocenters. The van der Waals surface area contributed by atoms with E-state index < -0.39 is 0 Å². The molecule has 0 fully saturated rings. The van der Waals surface area contributed by atoms with Crippen LogP contribution in [0.5, 0.6) is 0 Å². The highest BCUT2D eigenvalue weighted by atomic mass is 32.1. The Balaban J connectivity index is 1.57. The second-order valence-electron chi connectivity index (χ2n) is 4.56. The third-order valence-corrected chi connectivity index (χ3v) is 3.84. The van der Waals surface area contributed by atoms with Crippen molar-refractivity contribution in [3.8, 4) is 0 Å². The predicted octanol–water partition coefficient (Wildman–Crippen LogP) is 2.16. The van der Waals surface area contributed by atoms with Gasteiger partial charge in [-0.3, -0.25) is 9.48 Å². The minimum atomic E-state index is 0.139. The van der Waals surface area contributed by atoms with Crippen LogP contribution in [0.2, 0.25) is 0 Å². The largest absolute Gasteiger partial charge is 0.356 e. The molecule has 4 nitrogen and oxygen atoms in total. The van der Waals surface area contributed by atoms with Crippen LogP contribution in [0.4, 0.5) is 0 Å². The number of hydrogen-bond donors (Lipinski definition) is 1. The van der Waals surface area contributed by atoms with Crippen LogP contribution in [0, 0.1) is 0 Å². The molecule has 102 valence electrons. The Morgan fingerprint density at radius 1 is 1.47 bits per heavy atom. The van der Waals surface area contributed by atoms with E-state index >= 15 is 0 Å². The van der Waals surface area contributed by atoms with Crippen molar-refractivity contribution < 1.29 is 4.79 Å². The second-order valence-corrected chi connectivity index (χ2v) is 5.59. The van der Waals surface area contributed by atoms with Gasteiger partial charge < -0.3 is 5.32 Å². The van der Waals surface area contributed by atoms with E-state index in [1.807, 2.05) is 25.5 Å². The maximum Gasteiger partial charge on any atom is 0.220 e. The molecule has 2 aromatic rings. The zero-order chi connectivity index (χ0) is 13.5. The Hall–Kier alpha value is -1.62. The molecule has 0 radical (unpaired) electrons. The summed E-state index contributed by atoms with van der Waals surface area (Å²) in [5.41, 5.74) is 1.15. The number of aryl methyl sites for hydroxylation is 2. The molecule has 0 atom stereocenters. The van der Waals surface area contributed by atoms with E-state index in [1.165, 1.54) is 4.88 Å². The lowest BCUT2D eigenvalue weighted by Crippen LogP contribution is -2.25. The number of amides is 1. The van der Waals surface area contributed by atoms with Crippen molar-refractivity contribution in [3.63, 3.8) is 0 Å². The summed E-state index contributed by atoms with van der Waals surface area (Å²) in [6, 6.07) is 4.17. The molecule has 0 bridgehead atoms. The highest BCUT2D eigenvalue weighted by Crippen LogP contribution is 2.11. The maximum atomic E-state index is 11.6. The summed E-state index contributed by atoms with van der Waals surface area (Å²) in [6.07, 6.45) is 7.16. The van der Waals surface area contributed by atoms with Crippen molar-refractivity contribution in [1.82, 2.24) is 15.1 Å². The molecule has 0 aliphatic rings. The van der Waals surface area contributed by atoms with Crippen molar-refractivity contribution in [2.45, 2.75) is 25.7 Å². The van der Waals surface area contributed by atoms with Gasteiger partial charge in [-0.05, 0) is 36.3 Å². The first-order valence-electron chi connectivity index (χ1n) is 6.50. The summed E-state index contributed by atoms with van der Waals surface area (Å²) in [4.78, 5) is 13.0. The Kier molecular flexibility index (Phi) is 5.15. The third kappa shape index (κ3) is 4.87. The zero-order valence-electron chi connectivity index (χ0n) is 11.1. The molecule has 0 saturated heterocycles. The topological polar surface area (TPSA) is 46.9 Å². The Morgan fingerprint density at radius 2 is 2.37 bits per heavy atom. The standard InChI is InChI=1S/C14H19N3OS/c1-17-11-12(10-16-17)7-8-15-14(18)6-2-4-13-5-3-9-19-13/h3,5,9-11H,2,4,6-8H2,1H3,(H,15,18). The van der Waals surface area contributed by atoms with Crippen LogP contribution in [-0.4, -0.2) is 22.2 Å². The summed E-state index contributed by atoms with van der Waals surface area (Å²) >= 11 is 1.75. The summed E-state index contributed by atoms with van der Waals surface area (Å²) < 4.78 is 1.78. The van der Waals surface area contributed by atoms with Gasteiger partial charge in [0.1, 0.15) is 0 Å². The van der Waals surface area contributed by atoms with Crippen LogP contribution < -0.4 is 5.32 Å². The van der Waals surface area contributed by atoms with Crippen molar-refractivity contribution in [2.24, 2.45) is 7.05 Å². The summed E-state index contributed by atoms with van der Waals surface area (Å²) in [6.45, 7) is 0.684. The van der Waals surface area contributed by atoms with Gasteiger partial charge in [-0.15, -0.1) is 11.3 Å². The van der Waals surface area contributed by atoms with E-state index in [2.05, 4.69) is 21.9 Å². The van der Waals surface area contributed by atoms with Gasteiger partial charge in [0.05, 0.1) is 6.20 Å². The van der Waals surface area contributed by atoms with Crippen LogP contribution in [0.15, 0.2) is 29.9 Å². The molecule has 0 aromatic carbocycles. The zero-order valence-corrected chi connectivity index (χ0v) is 11.9. The van der Waals surface area contributed by atoms with E-state index in [-0.39, 0.29) is 5.91 Å². The fourth-order valence-corrected chi connectivity index (χ4v) is 2.66. The minimum Gasteiger partial charge on any atom is -0.356 e. The van der Waals surface area contributed by atoms with E-state index in [0.717, 1.165) is 24.8 Å². The average Bonchev–Trinajstić information content (AvgIpc) is 3.01. The lowest BCUT2D eigenvalue weighted by atomic mass is 10.2. The molecule has 0 aliphatic heterocycles. The lowest BCUT2D eigenvalue weighted by molar-refractivity contribution is -0.121. The third-order valence-electron chi connectivity index (χ3n) is 2.90. The van der Waals surface area contributed by atoms with Crippen molar-refractivity contribution in [2.75, 3.05) is 6.54 Å². The minimum absolute atomic E-state index is 0.139. The van der Waals surface area contributed by atoms with Crippen LogP contribution >= 0.6 is 11.3 Å². The van der Waals surface area contributed by atoms with E-state index in [9.17, 15) is 4.79 Å². The van der Waals surface area contributed by atoms with Gasteiger partial charge in [0.15, 0.2) is 0 Å². The smallest absolute Gasteiger partial charge is 0.220 e. The first-order chi connectivity index (χ1) is 9.24. The molecular weight excluding hydrogens is 258 g/mol. The van der Waals surface area contributed by atoms with Crippen molar-refractivity contribution in [1.29, 1.82) is 0 Å². The van der Waals surface area contributed by atoms with Gasteiger partial charge >= 0.3 is 0 Å². The highest BCUT2D eigenvalue weighted by molar-refractivity contribution is 7.09. The van der Waals surface area contributed by atoms with E-state index in [1.54, 1.807) is 16.0 Å². The molecular formula is C14H19N3OS. The van der Waals surface area contributed by atoms with Crippen molar-refractivity contribution in [3.05, 3.63) is 40.3 Å². The van der Waals surface area contributed by atoms with E-state index in [4.69, 9.17) is 0 Å². The van der Waals surface area contributed by atoms with Crippen LogP contribution in [0.1, 0.15) is 23.3 Å². The van der Waals surface area contributed by atoms with Gasteiger partial charge in [0.2, 0.25) is 5.91 Å². The predicted molar refractivity (Wildman–Crippen MR) is 77.2 cm³/mol. The van der Waals surface area contributed by atoms with Crippen LogP contribution in [0.3, 0.4) is 0 Å². The van der Waals surface area contributed by atoms with Gasteiger partial charge in [-0.1, -0.05) is 6.07 Å². The molecule has 2 heterocycles. The normalized spacial score (nSPS) is 10.6. The number of thiophene rings is 1. The van der Waals surface area contributed by atoms with Crippen LogP contribution in [-0.2, 0) is 24.7 Å². The first kappa shape index (κ1) is 13.8. The number of aromatic nitrogens is 2. The quantitative estimate of drug-likeness (QED) is 0.843. The fourth-order valence-electron chi connectivity index (χ4n) is 1.91. The number of nitrogens with zero attached hydrogens (tertiary/aromatic N) is 2. The lowest BCUT2D eigenvalue weighted by Gasteiger charge is -2.03. The summed E-state index contributed by atoms with van der Waals surface area (Å²) in [5, 5.41) is 9.12. The molecule has 0 saturated carbocycles. The molecule has 5 heteroatoms.